The Hall–Kier alpha value is -1.33. The summed E-state index contributed by atoms with van der Waals surface area (Å²) in [7, 11) is 1.37. The van der Waals surface area contributed by atoms with E-state index >= 15 is 0 Å². The number of pyridine rings is 1. The van der Waals surface area contributed by atoms with Crippen molar-refractivity contribution in [2.75, 3.05) is 20.2 Å². The number of hydrogen-bond acceptors (Lipinski definition) is 4. The van der Waals surface area contributed by atoms with E-state index in [1.807, 2.05) is 0 Å². The van der Waals surface area contributed by atoms with Gasteiger partial charge in [-0.1, -0.05) is 23.2 Å². The number of amides is 1. The van der Waals surface area contributed by atoms with Crippen molar-refractivity contribution in [1.29, 1.82) is 0 Å². The molecule has 108 valence electrons. The summed E-state index contributed by atoms with van der Waals surface area (Å²) in [4.78, 5) is 29.3. The lowest BCUT2D eigenvalue weighted by atomic mass is 9.96. The normalized spacial score (nSPS) is 16.1. The number of ether oxygens (including phenoxy) is 1. The predicted octanol–water partition coefficient (Wildman–Crippen LogP) is 2.41. The number of nitrogens with zero attached hydrogens (tertiary/aromatic N) is 2. The minimum absolute atomic E-state index is 0.0950. The molecule has 5 nitrogen and oxygen atoms in total. The third-order valence-electron chi connectivity index (χ3n) is 3.36. The molecule has 1 fully saturated rings. The molecule has 2 rings (SSSR count). The van der Waals surface area contributed by atoms with Gasteiger partial charge in [0.1, 0.15) is 10.3 Å². The fourth-order valence-corrected chi connectivity index (χ4v) is 2.65. The lowest BCUT2D eigenvalue weighted by Gasteiger charge is -2.30. The van der Waals surface area contributed by atoms with Gasteiger partial charge < -0.3 is 9.64 Å². The van der Waals surface area contributed by atoms with E-state index in [0.717, 1.165) is 0 Å². The molecule has 1 aromatic rings. The molecule has 0 bridgehead atoms. The van der Waals surface area contributed by atoms with Crippen molar-refractivity contribution in [2.45, 2.75) is 12.8 Å². The first kappa shape index (κ1) is 15.1. The fourth-order valence-electron chi connectivity index (χ4n) is 2.23. The van der Waals surface area contributed by atoms with Gasteiger partial charge in [0, 0.05) is 13.1 Å². The highest BCUT2D eigenvalue weighted by Gasteiger charge is 2.29. The minimum atomic E-state index is -0.219. The summed E-state index contributed by atoms with van der Waals surface area (Å²) in [5, 5.41) is 0.341. The van der Waals surface area contributed by atoms with Crippen LogP contribution in [0.15, 0.2) is 12.1 Å². The number of esters is 1. The number of carbonyl (C=O) groups is 2. The molecule has 0 saturated carbocycles. The van der Waals surface area contributed by atoms with Crippen LogP contribution in [-0.2, 0) is 9.53 Å². The van der Waals surface area contributed by atoms with Crippen molar-refractivity contribution < 1.29 is 14.3 Å². The Morgan fingerprint density at radius 3 is 2.50 bits per heavy atom. The standard InChI is InChI=1S/C13H14Cl2N2O3/c1-20-13(19)8-4-6-17(7-5-8)12(18)9-2-3-10(14)16-11(9)15/h2-3,8H,4-7H2,1H3. The highest BCUT2D eigenvalue weighted by Crippen LogP contribution is 2.23. The van der Waals surface area contributed by atoms with Gasteiger partial charge in [0.2, 0.25) is 0 Å². The van der Waals surface area contributed by atoms with Crippen LogP contribution in [0.3, 0.4) is 0 Å². The predicted molar refractivity (Wildman–Crippen MR) is 74.9 cm³/mol. The zero-order valence-electron chi connectivity index (χ0n) is 10.9. The maximum absolute atomic E-state index is 12.3. The zero-order valence-corrected chi connectivity index (χ0v) is 12.4. The number of carbonyl (C=O) groups excluding carboxylic acids is 2. The van der Waals surface area contributed by atoms with Gasteiger partial charge in [0.15, 0.2) is 0 Å². The van der Waals surface area contributed by atoms with E-state index in [1.165, 1.54) is 13.2 Å². The van der Waals surface area contributed by atoms with Crippen LogP contribution in [0.1, 0.15) is 23.2 Å². The molecule has 1 aliphatic rings. The molecule has 0 unspecified atom stereocenters. The van der Waals surface area contributed by atoms with Crippen LogP contribution in [0.4, 0.5) is 0 Å². The Morgan fingerprint density at radius 2 is 1.95 bits per heavy atom. The Morgan fingerprint density at radius 1 is 1.30 bits per heavy atom. The number of piperidine rings is 1. The molecule has 0 aromatic carbocycles. The van der Waals surface area contributed by atoms with Crippen LogP contribution in [-0.4, -0.2) is 42.0 Å². The fraction of sp³-hybridized carbons (Fsp3) is 0.462. The molecule has 0 atom stereocenters. The van der Waals surface area contributed by atoms with Gasteiger partial charge in [-0.25, -0.2) is 4.98 Å². The average Bonchev–Trinajstić information content (AvgIpc) is 2.46. The van der Waals surface area contributed by atoms with Crippen LogP contribution in [0.5, 0.6) is 0 Å². The first-order chi connectivity index (χ1) is 9.52. The summed E-state index contributed by atoms with van der Waals surface area (Å²) in [5.74, 6) is -0.548. The van der Waals surface area contributed by atoms with Crippen molar-refractivity contribution >= 4 is 35.1 Å². The molecule has 0 N–H and O–H groups in total. The van der Waals surface area contributed by atoms with Crippen molar-refractivity contribution in [2.24, 2.45) is 5.92 Å². The quantitative estimate of drug-likeness (QED) is 0.621. The molecule has 20 heavy (non-hydrogen) atoms. The Labute approximate surface area is 126 Å². The average molecular weight is 317 g/mol. The third-order valence-corrected chi connectivity index (χ3v) is 3.86. The second-order valence-electron chi connectivity index (χ2n) is 4.56. The first-order valence-electron chi connectivity index (χ1n) is 6.22. The second-order valence-corrected chi connectivity index (χ2v) is 5.31. The molecule has 7 heteroatoms. The van der Waals surface area contributed by atoms with E-state index in [-0.39, 0.29) is 28.1 Å². The van der Waals surface area contributed by atoms with E-state index < -0.39 is 0 Å². The van der Waals surface area contributed by atoms with E-state index in [2.05, 4.69) is 4.98 Å². The monoisotopic (exact) mass is 316 g/mol. The second kappa shape index (κ2) is 6.41. The summed E-state index contributed by atoms with van der Waals surface area (Å²) in [6, 6.07) is 3.09. The summed E-state index contributed by atoms with van der Waals surface area (Å²) in [5.41, 5.74) is 0.326. The number of aromatic nitrogens is 1. The van der Waals surface area contributed by atoms with Gasteiger partial charge in [-0.2, -0.15) is 0 Å². The topological polar surface area (TPSA) is 59.5 Å². The van der Waals surface area contributed by atoms with Crippen molar-refractivity contribution in [3.05, 3.63) is 28.0 Å². The van der Waals surface area contributed by atoms with Gasteiger partial charge in [-0.15, -0.1) is 0 Å². The van der Waals surface area contributed by atoms with Gasteiger partial charge >= 0.3 is 5.97 Å². The SMILES string of the molecule is COC(=O)C1CCN(C(=O)c2ccc(Cl)nc2Cl)CC1. The molecule has 1 amide bonds. The summed E-state index contributed by atoms with van der Waals surface area (Å²) in [6.07, 6.45) is 1.19. The number of likely N-dealkylation sites (tertiary alicyclic amines) is 1. The van der Waals surface area contributed by atoms with Gasteiger partial charge in [0.25, 0.3) is 5.91 Å². The van der Waals surface area contributed by atoms with Crippen molar-refractivity contribution in [3.8, 4) is 0 Å². The molecular formula is C13H14Cl2N2O3. The van der Waals surface area contributed by atoms with Gasteiger partial charge in [-0.05, 0) is 25.0 Å². The number of hydrogen-bond donors (Lipinski definition) is 0. The van der Waals surface area contributed by atoms with E-state index in [9.17, 15) is 9.59 Å². The van der Waals surface area contributed by atoms with E-state index in [1.54, 1.807) is 11.0 Å². The summed E-state index contributed by atoms with van der Waals surface area (Å²) in [6.45, 7) is 0.995. The summed E-state index contributed by atoms with van der Waals surface area (Å²) >= 11 is 11.6. The highest BCUT2D eigenvalue weighted by molar-refractivity contribution is 6.34. The summed E-state index contributed by atoms with van der Waals surface area (Å²) < 4.78 is 4.71. The lowest BCUT2D eigenvalue weighted by molar-refractivity contribution is -0.146. The van der Waals surface area contributed by atoms with E-state index in [0.29, 0.717) is 31.5 Å². The van der Waals surface area contributed by atoms with Gasteiger partial charge in [0.05, 0.1) is 18.6 Å². The zero-order chi connectivity index (χ0) is 14.7. The molecule has 1 aromatic heterocycles. The van der Waals surface area contributed by atoms with Crippen LogP contribution in [0.25, 0.3) is 0 Å². The molecular weight excluding hydrogens is 303 g/mol. The Balaban J connectivity index is 2.03. The third kappa shape index (κ3) is 3.22. The van der Waals surface area contributed by atoms with Crippen LogP contribution in [0, 0.1) is 5.92 Å². The highest BCUT2D eigenvalue weighted by atomic mass is 35.5. The minimum Gasteiger partial charge on any atom is -0.469 e. The molecule has 2 heterocycles. The lowest BCUT2D eigenvalue weighted by Crippen LogP contribution is -2.40. The van der Waals surface area contributed by atoms with Gasteiger partial charge in [-0.3, -0.25) is 9.59 Å². The van der Waals surface area contributed by atoms with Crippen LogP contribution in [0.2, 0.25) is 10.3 Å². The Bertz CT molecular complexity index is 528. The van der Waals surface area contributed by atoms with Crippen LogP contribution < -0.4 is 0 Å². The molecule has 1 aliphatic heterocycles. The molecule has 0 aliphatic carbocycles. The number of rotatable bonds is 2. The molecule has 0 radical (unpaired) electrons. The first-order valence-corrected chi connectivity index (χ1v) is 6.97. The smallest absolute Gasteiger partial charge is 0.308 e. The maximum atomic E-state index is 12.3. The molecule has 1 saturated heterocycles. The number of halogens is 2. The maximum Gasteiger partial charge on any atom is 0.308 e. The van der Waals surface area contributed by atoms with Crippen molar-refractivity contribution in [3.63, 3.8) is 0 Å². The van der Waals surface area contributed by atoms with Crippen molar-refractivity contribution in [1.82, 2.24) is 9.88 Å². The number of methoxy groups -OCH3 is 1. The largest absolute Gasteiger partial charge is 0.469 e. The van der Waals surface area contributed by atoms with Crippen LogP contribution >= 0.6 is 23.2 Å². The Kier molecular flexibility index (Phi) is 4.83. The van der Waals surface area contributed by atoms with E-state index in [4.69, 9.17) is 27.9 Å². The molecule has 0 spiro atoms.